The molecule has 3 atom stereocenters. The molecule has 1 N–H and O–H groups in total. The van der Waals surface area contributed by atoms with Gasteiger partial charge in [-0.25, -0.2) is 4.79 Å². The van der Waals surface area contributed by atoms with Gasteiger partial charge in [-0.15, -0.1) is 0 Å². The van der Waals surface area contributed by atoms with E-state index in [0.29, 0.717) is 24.9 Å². The summed E-state index contributed by atoms with van der Waals surface area (Å²) in [5.41, 5.74) is 0.534. The van der Waals surface area contributed by atoms with Gasteiger partial charge in [-0.1, -0.05) is 55.1 Å². The maximum Gasteiger partial charge on any atom is 0.326 e. The van der Waals surface area contributed by atoms with Crippen LogP contribution in [0.2, 0.25) is 0 Å². The van der Waals surface area contributed by atoms with Crippen LogP contribution >= 0.6 is 11.8 Å². The maximum absolute atomic E-state index is 13.0. The number of thioether (sulfide) groups is 1. The van der Waals surface area contributed by atoms with Crippen molar-refractivity contribution in [3.63, 3.8) is 0 Å². The van der Waals surface area contributed by atoms with Crippen LogP contribution in [0.3, 0.4) is 0 Å². The number of benzene rings is 2. The number of fused-ring (bicyclic) bond motifs is 1. The molecule has 1 heterocycles. The normalized spacial score (nSPS) is 18.2. The van der Waals surface area contributed by atoms with Crippen molar-refractivity contribution in [2.45, 2.75) is 44.4 Å². The van der Waals surface area contributed by atoms with Crippen LogP contribution in [-0.2, 0) is 14.4 Å². The fourth-order valence-corrected chi connectivity index (χ4v) is 4.89. The summed E-state index contributed by atoms with van der Waals surface area (Å²) in [7, 11) is 0. The molecule has 7 heteroatoms. The summed E-state index contributed by atoms with van der Waals surface area (Å²) in [6, 6.07) is 12.4. The SMILES string of the molecule is CC(=O)S[C@@H](CC(=O)c1ccc2ccccc2c1)[C@H](C)C(=O)N1CCC[C@H]1C(=O)O. The Morgan fingerprint density at radius 3 is 2.50 bits per heavy atom. The van der Waals surface area contributed by atoms with E-state index in [0.717, 1.165) is 22.5 Å². The monoisotopic (exact) mass is 427 g/mol. The maximum atomic E-state index is 13.0. The molecule has 0 aromatic heterocycles. The molecule has 30 heavy (non-hydrogen) atoms. The van der Waals surface area contributed by atoms with E-state index in [1.165, 1.54) is 11.8 Å². The Bertz CT molecular complexity index is 988. The number of likely N-dealkylation sites (tertiary alicyclic amines) is 1. The Morgan fingerprint density at radius 2 is 1.83 bits per heavy atom. The summed E-state index contributed by atoms with van der Waals surface area (Å²) in [5.74, 6) is -2.13. The number of ketones is 1. The lowest BCUT2D eigenvalue weighted by Gasteiger charge is -2.28. The van der Waals surface area contributed by atoms with Crippen molar-refractivity contribution in [1.82, 2.24) is 4.90 Å². The Morgan fingerprint density at radius 1 is 1.13 bits per heavy atom. The number of hydrogen-bond acceptors (Lipinski definition) is 5. The van der Waals surface area contributed by atoms with Crippen LogP contribution in [0.15, 0.2) is 42.5 Å². The molecule has 158 valence electrons. The van der Waals surface area contributed by atoms with E-state index in [4.69, 9.17) is 0 Å². The summed E-state index contributed by atoms with van der Waals surface area (Å²) in [5, 5.41) is 10.6. The lowest BCUT2D eigenvalue weighted by atomic mass is 9.96. The zero-order chi connectivity index (χ0) is 21.8. The highest BCUT2D eigenvalue weighted by Crippen LogP contribution is 2.30. The van der Waals surface area contributed by atoms with Gasteiger partial charge < -0.3 is 10.0 Å². The number of carbonyl (C=O) groups excluding carboxylic acids is 3. The van der Waals surface area contributed by atoms with Gasteiger partial charge in [0.25, 0.3) is 0 Å². The molecule has 1 fully saturated rings. The lowest BCUT2D eigenvalue weighted by Crippen LogP contribution is -2.45. The summed E-state index contributed by atoms with van der Waals surface area (Å²) >= 11 is 0.976. The highest BCUT2D eigenvalue weighted by atomic mass is 32.2. The zero-order valence-corrected chi connectivity index (χ0v) is 17.9. The van der Waals surface area contributed by atoms with Crippen LogP contribution in [0.4, 0.5) is 0 Å². The first-order valence-electron chi connectivity index (χ1n) is 10.0. The first-order valence-corrected chi connectivity index (χ1v) is 10.9. The Kier molecular flexibility index (Phi) is 6.92. The van der Waals surface area contributed by atoms with E-state index in [1.807, 2.05) is 36.4 Å². The molecule has 1 amide bonds. The van der Waals surface area contributed by atoms with Crippen LogP contribution in [0, 0.1) is 5.92 Å². The highest BCUT2D eigenvalue weighted by molar-refractivity contribution is 8.14. The van der Waals surface area contributed by atoms with Gasteiger partial charge in [-0.05, 0) is 29.7 Å². The van der Waals surface area contributed by atoms with Crippen molar-refractivity contribution in [1.29, 1.82) is 0 Å². The largest absolute Gasteiger partial charge is 0.480 e. The number of nitrogens with zero attached hydrogens (tertiary/aromatic N) is 1. The second-order valence-electron chi connectivity index (χ2n) is 7.65. The second kappa shape index (κ2) is 9.43. The van der Waals surface area contributed by atoms with Crippen molar-refractivity contribution < 1.29 is 24.3 Å². The van der Waals surface area contributed by atoms with Gasteiger partial charge in [-0.3, -0.25) is 14.4 Å². The average Bonchev–Trinajstić information content (AvgIpc) is 3.21. The van der Waals surface area contributed by atoms with E-state index in [-0.39, 0.29) is 23.2 Å². The van der Waals surface area contributed by atoms with Crippen molar-refractivity contribution in [3.05, 3.63) is 48.0 Å². The topological polar surface area (TPSA) is 91.8 Å². The van der Waals surface area contributed by atoms with Gasteiger partial charge in [0.05, 0.1) is 0 Å². The van der Waals surface area contributed by atoms with Crippen molar-refractivity contribution >= 4 is 45.3 Å². The fraction of sp³-hybridized carbons (Fsp3) is 0.391. The molecule has 0 spiro atoms. The standard InChI is InChI=1S/C23H25NO5S/c1-14(22(27)24-11-5-8-19(24)23(28)29)21(30-15(2)25)13-20(26)18-10-9-16-6-3-4-7-17(16)12-18/h3-4,6-7,9-10,12,14,19,21H,5,8,11,13H2,1-2H3,(H,28,29)/t14-,19-,21-/m0/s1. The molecular formula is C23H25NO5S. The molecule has 3 rings (SSSR count). The molecule has 2 aromatic rings. The predicted octanol–water partition coefficient (Wildman–Crippen LogP) is 3.77. The summed E-state index contributed by atoms with van der Waals surface area (Å²) < 4.78 is 0. The fourth-order valence-electron chi connectivity index (χ4n) is 3.90. The molecule has 2 aromatic carbocycles. The number of hydrogen-bond donors (Lipinski definition) is 1. The molecule has 1 saturated heterocycles. The number of amides is 1. The minimum Gasteiger partial charge on any atom is -0.480 e. The Labute approximate surface area is 179 Å². The molecule has 1 aliphatic heterocycles. The van der Waals surface area contributed by atoms with Crippen LogP contribution in [0.5, 0.6) is 0 Å². The predicted molar refractivity (Wildman–Crippen MR) is 116 cm³/mol. The van der Waals surface area contributed by atoms with Gasteiger partial charge in [0, 0.05) is 36.6 Å². The van der Waals surface area contributed by atoms with Crippen molar-refractivity contribution in [3.8, 4) is 0 Å². The van der Waals surface area contributed by atoms with Crippen molar-refractivity contribution in [2.24, 2.45) is 5.92 Å². The van der Waals surface area contributed by atoms with E-state index in [9.17, 15) is 24.3 Å². The van der Waals surface area contributed by atoms with E-state index >= 15 is 0 Å². The zero-order valence-electron chi connectivity index (χ0n) is 17.0. The van der Waals surface area contributed by atoms with E-state index in [2.05, 4.69) is 0 Å². The number of carboxylic acids is 1. The summed E-state index contributed by atoms with van der Waals surface area (Å²) in [6.07, 6.45) is 1.09. The third-order valence-corrected chi connectivity index (χ3v) is 6.75. The van der Waals surface area contributed by atoms with E-state index in [1.54, 1.807) is 13.0 Å². The Hall–Kier alpha value is -2.67. The molecule has 0 radical (unpaired) electrons. The lowest BCUT2D eigenvalue weighted by molar-refractivity contribution is -0.149. The molecule has 0 bridgehead atoms. The van der Waals surface area contributed by atoms with Gasteiger partial charge in [0.2, 0.25) is 5.91 Å². The van der Waals surface area contributed by atoms with Crippen LogP contribution in [0.25, 0.3) is 10.8 Å². The van der Waals surface area contributed by atoms with Gasteiger partial charge in [0.15, 0.2) is 10.9 Å². The first-order chi connectivity index (χ1) is 14.3. The average molecular weight is 428 g/mol. The third-order valence-electron chi connectivity index (χ3n) is 5.54. The van der Waals surface area contributed by atoms with Crippen molar-refractivity contribution in [2.75, 3.05) is 6.54 Å². The van der Waals surface area contributed by atoms with E-state index < -0.39 is 23.2 Å². The molecule has 0 saturated carbocycles. The van der Waals surface area contributed by atoms with Crippen LogP contribution in [0.1, 0.15) is 43.5 Å². The quantitative estimate of drug-likeness (QED) is 0.676. The number of carboxylic acid groups (broad SMARTS) is 1. The first kappa shape index (κ1) is 22.0. The molecule has 0 unspecified atom stereocenters. The summed E-state index contributed by atoms with van der Waals surface area (Å²) in [6.45, 7) is 3.47. The molecule has 0 aliphatic carbocycles. The van der Waals surface area contributed by atoms with Crippen LogP contribution in [-0.4, -0.2) is 50.6 Å². The van der Waals surface area contributed by atoms with Gasteiger partial charge >= 0.3 is 5.97 Å². The minimum atomic E-state index is -1.02. The minimum absolute atomic E-state index is 0.0288. The molecular weight excluding hydrogens is 402 g/mol. The van der Waals surface area contributed by atoms with Gasteiger partial charge in [0.1, 0.15) is 6.04 Å². The third kappa shape index (κ3) is 4.90. The number of Topliss-reactive ketones (excluding diaryl/α,β-unsaturated/α-hetero) is 1. The molecule has 1 aliphatic rings. The second-order valence-corrected chi connectivity index (χ2v) is 9.07. The number of aliphatic carboxylic acids is 1. The smallest absolute Gasteiger partial charge is 0.326 e. The Balaban J connectivity index is 1.78. The number of carbonyl (C=O) groups is 4. The highest BCUT2D eigenvalue weighted by Gasteiger charge is 2.39. The summed E-state index contributed by atoms with van der Waals surface area (Å²) in [4.78, 5) is 50.6. The van der Waals surface area contributed by atoms with Crippen LogP contribution < -0.4 is 0 Å². The van der Waals surface area contributed by atoms with Gasteiger partial charge in [-0.2, -0.15) is 0 Å². The molecule has 6 nitrogen and oxygen atoms in total. The number of rotatable bonds is 7.